The van der Waals surface area contributed by atoms with Gasteiger partial charge in [0.1, 0.15) is 5.01 Å². The second-order valence-electron chi connectivity index (χ2n) is 7.30. The molecule has 142 valence electrons. The van der Waals surface area contributed by atoms with Crippen molar-refractivity contribution in [2.75, 3.05) is 13.2 Å². The molecule has 4 rings (SSSR count). The third-order valence-electron chi connectivity index (χ3n) is 5.57. The van der Waals surface area contributed by atoms with Crippen LogP contribution in [0.5, 0.6) is 0 Å². The Morgan fingerprint density at radius 3 is 2.89 bits per heavy atom. The average Bonchev–Trinajstić information content (AvgIpc) is 3.13. The minimum absolute atomic E-state index is 0.0617. The van der Waals surface area contributed by atoms with Crippen LogP contribution in [0, 0.1) is 5.92 Å². The zero-order valence-electron chi connectivity index (χ0n) is 15.3. The first-order chi connectivity index (χ1) is 13.2. The molecule has 5 nitrogen and oxygen atoms in total. The summed E-state index contributed by atoms with van der Waals surface area (Å²) < 4.78 is 6.27. The quantitative estimate of drug-likeness (QED) is 0.590. The van der Waals surface area contributed by atoms with Crippen LogP contribution in [-0.4, -0.2) is 41.0 Å². The maximum atomic E-state index is 12.6. The molecule has 1 saturated carbocycles. The molecule has 1 aromatic heterocycles. The normalized spacial score (nSPS) is 22.7. The minimum Gasteiger partial charge on any atom is -0.452 e. The summed E-state index contributed by atoms with van der Waals surface area (Å²) in [6.45, 7) is 0.616. The van der Waals surface area contributed by atoms with Crippen LogP contribution in [-0.2, 0) is 14.3 Å². The van der Waals surface area contributed by atoms with E-state index in [9.17, 15) is 9.59 Å². The SMILES string of the molecule is O=C(/C=C/c1nc2ccccc2s1)OCC(=O)N1CCC[C@@H]2CCCC[C@@H]21. The molecule has 2 aliphatic rings. The van der Waals surface area contributed by atoms with Crippen molar-refractivity contribution in [1.82, 2.24) is 9.88 Å². The van der Waals surface area contributed by atoms with E-state index in [4.69, 9.17) is 4.74 Å². The molecule has 1 aliphatic heterocycles. The van der Waals surface area contributed by atoms with E-state index in [2.05, 4.69) is 4.98 Å². The molecule has 0 radical (unpaired) electrons. The number of hydrogen-bond donors (Lipinski definition) is 0. The molecule has 0 unspecified atom stereocenters. The van der Waals surface area contributed by atoms with Crippen molar-refractivity contribution in [2.24, 2.45) is 5.92 Å². The summed E-state index contributed by atoms with van der Waals surface area (Å²) in [6, 6.07) is 8.19. The monoisotopic (exact) mass is 384 g/mol. The van der Waals surface area contributed by atoms with Gasteiger partial charge < -0.3 is 9.64 Å². The van der Waals surface area contributed by atoms with Gasteiger partial charge in [-0.2, -0.15) is 0 Å². The molecule has 6 heteroatoms. The van der Waals surface area contributed by atoms with E-state index in [1.807, 2.05) is 29.2 Å². The molecule has 1 saturated heterocycles. The minimum atomic E-state index is -0.500. The van der Waals surface area contributed by atoms with Crippen molar-refractivity contribution in [3.8, 4) is 0 Å². The summed E-state index contributed by atoms with van der Waals surface area (Å²) in [4.78, 5) is 31.0. The van der Waals surface area contributed by atoms with E-state index in [0.717, 1.165) is 34.6 Å². The first-order valence-electron chi connectivity index (χ1n) is 9.70. The first-order valence-corrected chi connectivity index (χ1v) is 10.5. The number of thiazole rings is 1. The molecule has 0 bridgehead atoms. The summed E-state index contributed by atoms with van der Waals surface area (Å²) in [5, 5.41) is 0.751. The van der Waals surface area contributed by atoms with E-state index in [1.165, 1.54) is 43.1 Å². The first kappa shape index (κ1) is 18.2. The third-order valence-corrected chi connectivity index (χ3v) is 6.58. The lowest BCUT2D eigenvalue weighted by Gasteiger charge is -2.44. The van der Waals surface area contributed by atoms with E-state index >= 15 is 0 Å². The van der Waals surface area contributed by atoms with Crippen molar-refractivity contribution in [2.45, 2.75) is 44.6 Å². The number of likely N-dealkylation sites (tertiary alicyclic amines) is 1. The Hall–Kier alpha value is -2.21. The lowest BCUT2D eigenvalue weighted by atomic mass is 9.78. The molecule has 1 aliphatic carbocycles. The Labute approximate surface area is 163 Å². The highest BCUT2D eigenvalue weighted by Gasteiger charge is 2.35. The number of amides is 1. The van der Waals surface area contributed by atoms with Gasteiger partial charge in [-0.1, -0.05) is 25.0 Å². The summed E-state index contributed by atoms with van der Waals surface area (Å²) >= 11 is 1.52. The highest BCUT2D eigenvalue weighted by molar-refractivity contribution is 7.19. The maximum absolute atomic E-state index is 12.6. The number of fused-ring (bicyclic) bond motifs is 2. The molecule has 2 heterocycles. The fourth-order valence-electron chi connectivity index (χ4n) is 4.30. The molecule has 0 spiro atoms. The highest BCUT2D eigenvalue weighted by atomic mass is 32.1. The molecular weight excluding hydrogens is 360 g/mol. The van der Waals surface area contributed by atoms with Crippen molar-refractivity contribution in [3.63, 3.8) is 0 Å². The van der Waals surface area contributed by atoms with Gasteiger partial charge in [0, 0.05) is 18.7 Å². The molecule has 2 fully saturated rings. The number of esters is 1. The number of para-hydroxylation sites is 1. The Balaban J connectivity index is 1.31. The number of rotatable bonds is 4. The van der Waals surface area contributed by atoms with Crippen molar-refractivity contribution < 1.29 is 14.3 Å². The van der Waals surface area contributed by atoms with Gasteiger partial charge in [0.15, 0.2) is 6.61 Å². The zero-order valence-corrected chi connectivity index (χ0v) is 16.1. The molecule has 0 N–H and O–H groups in total. The van der Waals surface area contributed by atoms with Gasteiger partial charge in [0.05, 0.1) is 10.2 Å². The second-order valence-corrected chi connectivity index (χ2v) is 8.36. The van der Waals surface area contributed by atoms with Crippen LogP contribution in [0.15, 0.2) is 30.3 Å². The fraction of sp³-hybridized carbons (Fsp3) is 0.476. The number of nitrogens with zero attached hydrogens (tertiary/aromatic N) is 2. The third kappa shape index (κ3) is 4.21. The molecule has 2 atom stereocenters. The van der Waals surface area contributed by atoms with E-state index in [-0.39, 0.29) is 12.5 Å². The van der Waals surface area contributed by atoms with E-state index in [1.54, 1.807) is 6.08 Å². The molecule has 2 aromatic rings. The van der Waals surface area contributed by atoms with Crippen LogP contribution >= 0.6 is 11.3 Å². The largest absolute Gasteiger partial charge is 0.452 e. The van der Waals surface area contributed by atoms with Gasteiger partial charge in [-0.25, -0.2) is 9.78 Å². The second kappa shape index (κ2) is 8.21. The molecular formula is C21H24N2O3S. The highest BCUT2D eigenvalue weighted by Crippen LogP contribution is 2.35. The van der Waals surface area contributed by atoms with Gasteiger partial charge in [0.2, 0.25) is 0 Å². The van der Waals surface area contributed by atoms with Gasteiger partial charge >= 0.3 is 5.97 Å². The summed E-state index contributed by atoms with van der Waals surface area (Å²) in [5.74, 6) is 0.0687. The average molecular weight is 385 g/mol. The van der Waals surface area contributed by atoms with Crippen LogP contribution in [0.2, 0.25) is 0 Å². The van der Waals surface area contributed by atoms with Gasteiger partial charge in [0.25, 0.3) is 5.91 Å². The summed E-state index contributed by atoms with van der Waals surface area (Å²) in [5.41, 5.74) is 0.915. The van der Waals surface area contributed by atoms with Crippen molar-refractivity contribution in [3.05, 3.63) is 35.3 Å². The van der Waals surface area contributed by atoms with Crippen molar-refractivity contribution in [1.29, 1.82) is 0 Å². The van der Waals surface area contributed by atoms with Crippen LogP contribution < -0.4 is 0 Å². The zero-order chi connectivity index (χ0) is 18.6. The number of carbonyl (C=O) groups is 2. The van der Waals surface area contributed by atoms with Gasteiger partial charge in [-0.3, -0.25) is 4.79 Å². The Morgan fingerprint density at radius 2 is 2.00 bits per heavy atom. The van der Waals surface area contributed by atoms with Crippen LogP contribution in [0.3, 0.4) is 0 Å². The summed E-state index contributed by atoms with van der Waals surface area (Å²) in [6.07, 6.45) is 10.0. The number of aromatic nitrogens is 1. The number of carbonyl (C=O) groups excluding carboxylic acids is 2. The molecule has 1 aromatic carbocycles. The van der Waals surface area contributed by atoms with Crippen LogP contribution in [0.25, 0.3) is 16.3 Å². The van der Waals surface area contributed by atoms with E-state index < -0.39 is 5.97 Å². The Kier molecular flexibility index (Phi) is 5.53. The maximum Gasteiger partial charge on any atom is 0.331 e. The molecule has 27 heavy (non-hydrogen) atoms. The fourth-order valence-corrected chi connectivity index (χ4v) is 5.17. The van der Waals surface area contributed by atoms with E-state index in [0.29, 0.717) is 12.0 Å². The predicted octanol–water partition coefficient (Wildman–Crippen LogP) is 4.03. The predicted molar refractivity (Wildman–Crippen MR) is 106 cm³/mol. The topological polar surface area (TPSA) is 59.5 Å². The number of piperidine rings is 1. The Bertz CT molecular complexity index is 825. The molecule has 1 amide bonds. The number of hydrogen-bond acceptors (Lipinski definition) is 5. The lowest BCUT2D eigenvalue weighted by molar-refractivity contribution is -0.151. The Morgan fingerprint density at radius 1 is 1.19 bits per heavy atom. The van der Waals surface area contributed by atoms with Crippen molar-refractivity contribution >= 4 is 39.5 Å². The summed E-state index contributed by atoms with van der Waals surface area (Å²) in [7, 11) is 0. The van der Waals surface area contributed by atoms with Gasteiger partial charge in [-0.05, 0) is 49.8 Å². The smallest absolute Gasteiger partial charge is 0.331 e. The number of benzene rings is 1. The number of ether oxygens (including phenoxy) is 1. The van der Waals surface area contributed by atoms with Gasteiger partial charge in [-0.15, -0.1) is 11.3 Å². The standard InChI is InChI=1S/C21H24N2O3S/c24-20(23-13-5-7-15-6-1-3-9-17(15)23)14-26-21(25)12-11-19-22-16-8-2-4-10-18(16)27-19/h2,4,8,10-12,15,17H,1,3,5-7,9,13-14H2/b12-11+/t15-,17-/m0/s1. The van der Waals surface area contributed by atoms with Crippen LogP contribution in [0.1, 0.15) is 43.5 Å². The lowest BCUT2D eigenvalue weighted by Crippen LogP contribution is -2.50. The van der Waals surface area contributed by atoms with Crippen LogP contribution in [0.4, 0.5) is 0 Å².